The summed E-state index contributed by atoms with van der Waals surface area (Å²) in [6.45, 7) is 6.45. The van der Waals surface area contributed by atoms with E-state index in [-0.39, 0.29) is 17.1 Å². The van der Waals surface area contributed by atoms with Crippen LogP contribution in [0.3, 0.4) is 0 Å². The highest BCUT2D eigenvalue weighted by molar-refractivity contribution is 6.01. The molecular formula is C17H24O2. The van der Waals surface area contributed by atoms with Crippen LogP contribution < -0.4 is 4.74 Å². The van der Waals surface area contributed by atoms with Gasteiger partial charge in [0.25, 0.3) is 0 Å². The average molecular weight is 260 g/mol. The molecule has 0 bridgehead atoms. The molecule has 1 aromatic rings. The highest BCUT2D eigenvalue weighted by Gasteiger charge is 2.38. The molecule has 0 spiro atoms. The molecule has 0 aliphatic heterocycles. The molecule has 0 amide bonds. The predicted molar refractivity (Wildman–Crippen MR) is 77.8 cm³/mol. The van der Waals surface area contributed by atoms with Crippen molar-refractivity contribution in [3.8, 4) is 5.75 Å². The van der Waals surface area contributed by atoms with E-state index in [2.05, 4.69) is 13.8 Å². The summed E-state index contributed by atoms with van der Waals surface area (Å²) in [6, 6.07) is 5.85. The summed E-state index contributed by atoms with van der Waals surface area (Å²) < 4.78 is 5.36. The molecular weight excluding hydrogens is 236 g/mol. The number of benzene rings is 1. The van der Waals surface area contributed by atoms with Gasteiger partial charge in [0.1, 0.15) is 5.75 Å². The summed E-state index contributed by atoms with van der Waals surface area (Å²) in [5.41, 5.74) is 1.96. The van der Waals surface area contributed by atoms with Gasteiger partial charge in [-0.2, -0.15) is 0 Å². The van der Waals surface area contributed by atoms with Gasteiger partial charge < -0.3 is 4.74 Å². The molecule has 1 fully saturated rings. The van der Waals surface area contributed by atoms with Crippen molar-refractivity contribution < 1.29 is 9.53 Å². The van der Waals surface area contributed by atoms with Gasteiger partial charge in [0.15, 0.2) is 5.78 Å². The minimum absolute atomic E-state index is 0.101. The second kappa shape index (κ2) is 5.36. The summed E-state index contributed by atoms with van der Waals surface area (Å²) in [7, 11) is 1.63. The zero-order chi connectivity index (χ0) is 14.0. The number of rotatable bonds is 3. The molecule has 0 radical (unpaired) electrons. The highest BCUT2D eigenvalue weighted by Crippen LogP contribution is 2.43. The molecule has 0 heterocycles. The van der Waals surface area contributed by atoms with Gasteiger partial charge in [-0.1, -0.05) is 38.3 Å². The van der Waals surface area contributed by atoms with Crippen LogP contribution in [0.15, 0.2) is 18.2 Å². The average Bonchev–Trinajstić information content (AvgIpc) is 2.37. The van der Waals surface area contributed by atoms with E-state index >= 15 is 0 Å². The first kappa shape index (κ1) is 14.1. The van der Waals surface area contributed by atoms with Gasteiger partial charge in [0.05, 0.1) is 12.7 Å². The summed E-state index contributed by atoms with van der Waals surface area (Å²) in [4.78, 5) is 12.9. The number of aryl methyl sites for hydroxylation is 1. The first-order chi connectivity index (χ1) is 8.95. The van der Waals surface area contributed by atoms with Crippen molar-refractivity contribution in [2.24, 2.45) is 11.3 Å². The van der Waals surface area contributed by atoms with Crippen LogP contribution in [-0.2, 0) is 0 Å². The van der Waals surface area contributed by atoms with Gasteiger partial charge >= 0.3 is 0 Å². The van der Waals surface area contributed by atoms with Crippen molar-refractivity contribution in [2.75, 3.05) is 7.11 Å². The lowest BCUT2D eigenvalue weighted by molar-refractivity contribution is 0.0694. The molecule has 2 rings (SSSR count). The Bertz CT molecular complexity index is 474. The van der Waals surface area contributed by atoms with Crippen molar-refractivity contribution in [1.82, 2.24) is 0 Å². The Hall–Kier alpha value is -1.31. The van der Waals surface area contributed by atoms with E-state index in [1.807, 2.05) is 25.1 Å². The zero-order valence-electron chi connectivity index (χ0n) is 12.5. The van der Waals surface area contributed by atoms with E-state index in [0.29, 0.717) is 5.75 Å². The third-order valence-electron chi connectivity index (χ3n) is 4.44. The predicted octanol–water partition coefficient (Wildman–Crippen LogP) is 4.40. The number of hydrogen-bond donors (Lipinski definition) is 0. The number of carbonyl (C=O) groups is 1. The molecule has 1 atom stereocenters. The molecule has 19 heavy (non-hydrogen) atoms. The van der Waals surface area contributed by atoms with Crippen LogP contribution in [-0.4, -0.2) is 12.9 Å². The van der Waals surface area contributed by atoms with Crippen LogP contribution in [0.4, 0.5) is 0 Å². The lowest BCUT2D eigenvalue weighted by Crippen LogP contribution is -2.34. The van der Waals surface area contributed by atoms with Crippen LogP contribution in [0.25, 0.3) is 0 Å². The monoisotopic (exact) mass is 260 g/mol. The summed E-state index contributed by atoms with van der Waals surface area (Å²) in [5.74, 6) is 1.08. The van der Waals surface area contributed by atoms with Gasteiger partial charge in [-0.25, -0.2) is 0 Å². The van der Waals surface area contributed by atoms with Gasteiger partial charge in [0.2, 0.25) is 0 Å². The molecule has 2 nitrogen and oxygen atoms in total. The Balaban J connectivity index is 2.35. The summed E-state index contributed by atoms with van der Waals surface area (Å²) in [6.07, 6.45) is 4.54. The fraction of sp³-hybridized carbons (Fsp3) is 0.588. The van der Waals surface area contributed by atoms with Gasteiger partial charge in [-0.15, -0.1) is 0 Å². The number of Topliss-reactive ketones (excluding diaryl/α,β-unsaturated/α-hetero) is 1. The van der Waals surface area contributed by atoms with Crippen molar-refractivity contribution in [3.05, 3.63) is 29.3 Å². The van der Waals surface area contributed by atoms with Gasteiger partial charge in [0, 0.05) is 5.92 Å². The van der Waals surface area contributed by atoms with E-state index in [0.717, 1.165) is 30.4 Å². The van der Waals surface area contributed by atoms with Crippen molar-refractivity contribution in [2.45, 2.75) is 46.5 Å². The smallest absolute Gasteiger partial charge is 0.170 e. The van der Waals surface area contributed by atoms with Crippen LogP contribution in [0.5, 0.6) is 5.75 Å². The summed E-state index contributed by atoms with van der Waals surface area (Å²) in [5, 5.41) is 0. The van der Waals surface area contributed by atoms with E-state index < -0.39 is 0 Å². The molecule has 0 saturated heterocycles. The Kier molecular flexibility index (Phi) is 3.98. The van der Waals surface area contributed by atoms with E-state index in [9.17, 15) is 4.79 Å². The Labute approximate surface area is 116 Å². The number of carbonyl (C=O) groups excluding carboxylic acids is 1. The lowest BCUT2D eigenvalue weighted by atomic mass is 9.66. The second-order valence-electron chi connectivity index (χ2n) is 6.35. The Morgan fingerprint density at radius 3 is 2.68 bits per heavy atom. The van der Waals surface area contributed by atoms with Crippen molar-refractivity contribution >= 4 is 5.78 Å². The Morgan fingerprint density at radius 2 is 2.05 bits per heavy atom. The third kappa shape index (κ3) is 2.83. The maximum Gasteiger partial charge on any atom is 0.170 e. The molecule has 1 aliphatic carbocycles. The van der Waals surface area contributed by atoms with Gasteiger partial charge in [-0.3, -0.25) is 4.79 Å². The molecule has 0 N–H and O–H groups in total. The van der Waals surface area contributed by atoms with E-state index in [1.165, 1.54) is 6.42 Å². The van der Waals surface area contributed by atoms with Crippen LogP contribution in [0.2, 0.25) is 0 Å². The molecule has 1 unspecified atom stereocenters. The minimum atomic E-state index is 0.101. The highest BCUT2D eigenvalue weighted by atomic mass is 16.5. The molecule has 0 aromatic heterocycles. The molecule has 1 saturated carbocycles. The number of methoxy groups -OCH3 is 1. The van der Waals surface area contributed by atoms with Crippen LogP contribution in [0.1, 0.15) is 55.5 Å². The minimum Gasteiger partial charge on any atom is -0.496 e. The normalized spacial score (nSPS) is 22.0. The van der Waals surface area contributed by atoms with E-state index in [4.69, 9.17) is 4.74 Å². The largest absolute Gasteiger partial charge is 0.496 e. The topological polar surface area (TPSA) is 26.3 Å². The molecule has 104 valence electrons. The maximum atomic E-state index is 12.9. The van der Waals surface area contributed by atoms with Crippen molar-refractivity contribution in [1.29, 1.82) is 0 Å². The molecule has 1 aromatic carbocycles. The number of ether oxygens (including phenoxy) is 1. The summed E-state index contributed by atoms with van der Waals surface area (Å²) >= 11 is 0. The zero-order valence-corrected chi connectivity index (χ0v) is 12.5. The third-order valence-corrected chi connectivity index (χ3v) is 4.44. The molecule has 1 aliphatic rings. The molecule has 2 heteroatoms. The lowest BCUT2D eigenvalue weighted by Gasteiger charge is -2.37. The first-order valence-electron chi connectivity index (χ1n) is 7.14. The second-order valence-corrected chi connectivity index (χ2v) is 6.35. The fourth-order valence-electron chi connectivity index (χ4n) is 3.18. The number of ketones is 1. The van der Waals surface area contributed by atoms with E-state index in [1.54, 1.807) is 7.11 Å². The number of hydrogen-bond acceptors (Lipinski definition) is 2. The quantitative estimate of drug-likeness (QED) is 0.753. The van der Waals surface area contributed by atoms with Gasteiger partial charge in [-0.05, 0) is 37.3 Å². The maximum absolute atomic E-state index is 12.9. The van der Waals surface area contributed by atoms with Crippen molar-refractivity contribution in [3.63, 3.8) is 0 Å². The van der Waals surface area contributed by atoms with Crippen LogP contribution in [0, 0.1) is 18.3 Å². The standard InChI is InChI=1S/C17H24O2/c1-12-8-9-15(19-4)13(11-12)16(18)14-7-5-6-10-17(14,2)3/h8-9,11,14H,5-7,10H2,1-4H3. The SMILES string of the molecule is COc1ccc(C)cc1C(=O)C1CCCCC1(C)C. The van der Waals surface area contributed by atoms with Crippen LogP contribution >= 0.6 is 0 Å². The Morgan fingerprint density at radius 1 is 1.32 bits per heavy atom. The first-order valence-corrected chi connectivity index (χ1v) is 7.14. The fourth-order valence-corrected chi connectivity index (χ4v) is 3.18.